The molecule has 4 heterocycles. The Kier molecular flexibility index (Phi) is 5.87. The summed E-state index contributed by atoms with van der Waals surface area (Å²) >= 11 is 0. The van der Waals surface area contributed by atoms with Gasteiger partial charge in [0.15, 0.2) is 29.4 Å². The molecule has 3 aromatic rings. The standard InChI is InChI=1S/C20H24F2N8O2/c1-11-8-14(29-28-11)25-19-26-17(30-6-4-20(3,31)5-7-30)15(22)18(27-19)32-12(2)16-23-9-13(21)10-24-16/h8-10,12,31H,4-7H2,1-3H3,(H2,25,26,27,28,29)/t12-/m0/s1. The van der Waals surface area contributed by atoms with E-state index in [-0.39, 0.29) is 23.5 Å². The van der Waals surface area contributed by atoms with E-state index in [4.69, 9.17) is 4.74 Å². The fraction of sp³-hybridized carbons (Fsp3) is 0.450. The molecule has 1 fully saturated rings. The summed E-state index contributed by atoms with van der Waals surface area (Å²) in [5.74, 6) is -0.857. The number of nitrogens with zero attached hydrogens (tertiary/aromatic N) is 6. The number of ether oxygens (including phenoxy) is 1. The van der Waals surface area contributed by atoms with Crippen molar-refractivity contribution < 1.29 is 18.6 Å². The molecular formula is C20H24F2N8O2. The summed E-state index contributed by atoms with van der Waals surface area (Å²) in [4.78, 5) is 18.0. The number of anilines is 3. The van der Waals surface area contributed by atoms with E-state index in [1.165, 1.54) is 0 Å². The van der Waals surface area contributed by atoms with E-state index in [1.807, 2.05) is 6.92 Å². The Morgan fingerprint density at radius 1 is 1.22 bits per heavy atom. The molecule has 12 heteroatoms. The summed E-state index contributed by atoms with van der Waals surface area (Å²) in [5.41, 5.74) is 0.0215. The van der Waals surface area contributed by atoms with E-state index < -0.39 is 23.3 Å². The molecule has 1 saturated heterocycles. The van der Waals surface area contributed by atoms with Gasteiger partial charge in [0.1, 0.15) is 0 Å². The number of aromatic nitrogens is 6. The Morgan fingerprint density at radius 2 is 1.91 bits per heavy atom. The maximum absolute atomic E-state index is 15.4. The lowest BCUT2D eigenvalue weighted by Crippen LogP contribution is -2.43. The van der Waals surface area contributed by atoms with Crippen molar-refractivity contribution in [2.45, 2.75) is 45.3 Å². The Morgan fingerprint density at radius 3 is 2.53 bits per heavy atom. The van der Waals surface area contributed by atoms with Crippen LogP contribution in [0.2, 0.25) is 0 Å². The minimum absolute atomic E-state index is 0.0486. The number of aryl methyl sites for hydroxylation is 1. The molecule has 1 atom stereocenters. The summed E-state index contributed by atoms with van der Waals surface area (Å²) in [6.07, 6.45) is 2.16. The predicted octanol–water partition coefficient (Wildman–Crippen LogP) is 2.81. The molecule has 1 aliphatic rings. The second-order valence-electron chi connectivity index (χ2n) is 8.05. The van der Waals surface area contributed by atoms with Gasteiger partial charge >= 0.3 is 0 Å². The zero-order chi connectivity index (χ0) is 22.9. The quantitative estimate of drug-likeness (QED) is 0.524. The smallest absolute Gasteiger partial charge is 0.258 e. The van der Waals surface area contributed by atoms with E-state index in [0.29, 0.717) is 31.7 Å². The van der Waals surface area contributed by atoms with Crippen LogP contribution in [0, 0.1) is 18.6 Å². The maximum Gasteiger partial charge on any atom is 0.258 e. The van der Waals surface area contributed by atoms with Crippen LogP contribution in [0.4, 0.5) is 26.4 Å². The van der Waals surface area contributed by atoms with E-state index in [1.54, 1.807) is 24.8 Å². The Labute approximate surface area is 183 Å². The molecule has 0 spiro atoms. The third-order valence-corrected chi connectivity index (χ3v) is 5.18. The zero-order valence-corrected chi connectivity index (χ0v) is 17.9. The topological polar surface area (TPSA) is 125 Å². The van der Waals surface area contributed by atoms with Crippen molar-refractivity contribution in [2.24, 2.45) is 0 Å². The van der Waals surface area contributed by atoms with E-state index in [0.717, 1.165) is 18.1 Å². The lowest BCUT2D eigenvalue weighted by Gasteiger charge is -2.36. The minimum Gasteiger partial charge on any atom is -0.464 e. The van der Waals surface area contributed by atoms with Gasteiger partial charge in [-0.15, -0.1) is 0 Å². The number of rotatable bonds is 6. The molecule has 0 aliphatic carbocycles. The van der Waals surface area contributed by atoms with Gasteiger partial charge < -0.3 is 20.1 Å². The lowest BCUT2D eigenvalue weighted by molar-refractivity contribution is 0.0348. The van der Waals surface area contributed by atoms with Gasteiger partial charge in [0.25, 0.3) is 5.88 Å². The van der Waals surface area contributed by atoms with Crippen molar-refractivity contribution in [1.29, 1.82) is 0 Å². The highest BCUT2D eigenvalue weighted by Crippen LogP contribution is 2.32. The summed E-state index contributed by atoms with van der Waals surface area (Å²) in [6, 6.07) is 1.75. The number of halogens is 2. The van der Waals surface area contributed by atoms with Crippen molar-refractivity contribution in [3.63, 3.8) is 0 Å². The molecule has 0 radical (unpaired) electrons. The minimum atomic E-state index is -0.804. The van der Waals surface area contributed by atoms with Gasteiger partial charge in [-0.1, -0.05) is 0 Å². The van der Waals surface area contributed by atoms with Crippen molar-refractivity contribution in [3.8, 4) is 5.88 Å². The largest absolute Gasteiger partial charge is 0.464 e. The van der Waals surface area contributed by atoms with Crippen LogP contribution in [0.25, 0.3) is 0 Å². The van der Waals surface area contributed by atoms with Gasteiger partial charge in [-0.05, 0) is 33.6 Å². The molecule has 0 amide bonds. The molecule has 10 nitrogen and oxygen atoms in total. The molecule has 170 valence electrons. The SMILES string of the molecule is Cc1cc(Nc2nc(O[C@@H](C)c3ncc(F)cn3)c(F)c(N3CCC(C)(O)CC3)n2)n[nH]1. The fourth-order valence-electron chi connectivity index (χ4n) is 3.31. The number of hydrogen-bond acceptors (Lipinski definition) is 9. The number of piperidine rings is 1. The van der Waals surface area contributed by atoms with Crippen LogP contribution >= 0.6 is 0 Å². The highest BCUT2D eigenvalue weighted by atomic mass is 19.1. The molecule has 0 aromatic carbocycles. The van der Waals surface area contributed by atoms with Crippen LogP contribution < -0.4 is 15.0 Å². The average molecular weight is 446 g/mol. The molecule has 0 saturated carbocycles. The fourth-order valence-corrected chi connectivity index (χ4v) is 3.31. The van der Waals surface area contributed by atoms with Crippen LogP contribution in [-0.2, 0) is 0 Å². The van der Waals surface area contributed by atoms with E-state index in [2.05, 4.69) is 35.5 Å². The number of aromatic amines is 1. The van der Waals surface area contributed by atoms with Crippen LogP contribution in [0.15, 0.2) is 18.5 Å². The molecule has 3 aromatic heterocycles. The molecule has 0 bridgehead atoms. The van der Waals surface area contributed by atoms with Gasteiger partial charge in [-0.3, -0.25) is 5.10 Å². The second-order valence-corrected chi connectivity index (χ2v) is 8.05. The normalized spacial score (nSPS) is 16.6. The van der Waals surface area contributed by atoms with Crippen molar-refractivity contribution in [3.05, 3.63) is 41.6 Å². The molecule has 3 N–H and O–H groups in total. The first-order chi connectivity index (χ1) is 15.2. The zero-order valence-electron chi connectivity index (χ0n) is 17.9. The highest BCUT2D eigenvalue weighted by Gasteiger charge is 2.31. The van der Waals surface area contributed by atoms with Gasteiger partial charge in [-0.25, -0.2) is 14.4 Å². The molecule has 4 rings (SSSR count). The Bertz CT molecular complexity index is 1080. The Hall–Kier alpha value is -3.41. The maximum atomic E-state index is 15.4. The predicted molar refractivity (Wildman–Crippen MR) is 112 cm³/mol. The monoisotopic (exact) mass is 446 g/mol. The van der Waals surface area contributed by atoms with Crippen LogP contribution in [0.3, 0.4) is 0 Å². The van der Waals surface area contributed by atoms with Crippen molar-refractivity contribution >= 4 is 17.6 Å². The summed E-state index contributed by atoms with van der Waals surface area (Å²) in [7, 11) is 0. The second kappa shape index (κ2) is 8.61. The summed E-state index contributed by atoms with van der Waals surface area (Å²) in [5, 5.41) is 20.1. The summed E-state index contributed by atoms with van der Waals surface area (Å²) < 4.78 is 34.2. The molecular weight excluding hydrogens is 422 g/mol. The lowest BCUT2D eigenvalue weighted by atomic mass is 9.94. The van der Waals surface area contributed by atoms with Crippen LogP contribution in [0.1, 0.15) is 44.3 Å². The van der Waals surface area contributed by atoms with Crippen LogP contribution in [-0.4, -0.2) is 53.9 Å². The average Bonchev–Trinajstić information content (AvgIpc) is 3.15. The number of nitrogens with one attached hydrogen (secondary N) is 2. The van der Waals surface area contributed by atoms with Gasteiger partial charge in [-0.2, -0.15) is 19.5 Å². The number of aliphatic hydroxyl groups is 1. The number of H-pyrrole nitrogens is 1. The third-order valence-electron chi connectivity index (χ3n) is 5.18. The first-order valence-corrected chi connectivity index (χ1v) is 10.2. The highest BCUT2D eigenvalue weighted by molar-refractivity contribution is 5.54. The van der Waals surface area contributed by atoms with Gasteiger partial charge in [0, 0.05) is 24.8 Å². The first-order valence-electron chi connectivity index (χ1n) is 10.2. The van der Waals surface area contributed by atoms with Crippen molar-refractivity contribution in [2.75, 3.05) is 23.3 Å². The van der Waals surface area contributed by atoms with E-state index >= 15 is 4.39 Å². The van der Waals surface area contributed by atoms with Gasteiger partial charge in [0.05, 0.1) is 18.0 Å². The van der Waals surface area contributed by atoms with E-state index in [9.17, 15) is 9.50 Å². The number of hydrogen-bond donors (Lipinski definition) is 3. The molecule has 0 unspecified atom stereocenters. The van der Waals surface area contributed by atoms with Crippen LogP contribution in [0.5, 0.6) is 5.88 Å². The summed E-state index contributed by atoms with van der Waals surface area (Å²) in [6.45, 7) is 6.03. The third kappa shape index (κ3) is 4.90. The molecule has 32 heavy (non-hydrogen) atoms. The molecule has 1 aliphatic heterocycles. The van der Waals surface area contributed by atoms with Gasteiger partial charge in [0.2, 0.25) is 11.8 Å². The first kappa shape index (κ1) is 21.8. The Balaban J connectivity index is 1.65. The van der Waals surface area contributed by atoms with Crippen molar-refractivity contribution in [1.82, 2.24) is 30.1 Å².